The third-order valence-corrected chi connectivity index (χ3v) is 2.87. The van der Waals surface area contributed by atoms with Gasteiger partial charge in [-0.1, -0.05) is 18.2 Å². The van der Waals surface area contributed by atoms with Gasteiger partial charge in [-0.3, -0.25) is 8.57 Å². The van der Waals surface area contributed by atoms with Crippen LogP contribution in [-0.2, 0) is 14.3 Å². The van der Waals surface area contributed by atoms with E-state index in [1.165, 1.54) is 12.1 Å². The molecule has 1 aromatic carbocycles. The van der Waals surface area contributed by atoms with Crippen molar-refractivity contribution in [3.63, 3.8) is 0 Å². The van der Waals surface area contributed by atoms with Gasteiger partial charge in [-0.25, -0.2) is 0 Å². The number of rotatable bonds is 5. The highest BCUT2D eigenvalue weighted by atomic mass is 32.2. The van der Waals surface area contributed by atoms with Crippen LogP contribution in [0.3, 0.4) is 0 Å². The van der Waals surface area contributed by atoms with Gasteiger partial charge in [0.2, 0.25) is 0 Å². The third-order valence-electron chi connectivity index (χ3n) is 1.55. The van der Waals surface area contributed by atoms with E-state index in [2.05, 4.69) is 4.18 Å². The van der Waals surface area contributed by atoms with Crippen LogP contribution < -0.4 is 0 Å². The first kappa shape index (κ1) is 11.1. The van der Waals surface area contributed by atoms with Gasteiger partial charge in [0.25, 0.3) is 10.1 Å². The van der Waals surface area contributed by atoms with Gasteiger partial charge in [-0.05, 0) is 12.1 Å². The molecule has 5 heteroatoms. The molecule has 0 saturated heterocycles. The fraction of sp³-hybridized carbons (Fsp3) is 0.333. The number of alkyl halides is 1. The van der Waals surface area contributed by atoms with Gasteiger partial charge in [0, 0.05) is 6.42 Å². The number of benzene rings is 1. The zero-order valence-corrected chi connectivity index (χ0v) is 8.34. The molecule has 0 atom stereocenters. The molecule has 0 aromatic heterocycles. The summed E-state index contributed by atoms with van der Waals surface area (Å²) >= 11 is 0. The lowest BCUT2D eigenvalue weighted by Gasteiger charge is -2.03. The Balaban J connectivity index is 2.67. The van der Waals surface area contributed by atoms with Crippen molar-refractivity contribution >= 4 is 10.1 Å². The van der Waals surface area contributed by atoms with Crippen LogP contribution in [0.2, 0.25) is 0 Å². The Bertz CT molecular complexity index is 361. The predicted molar refractivity (Wildman–Crippen MR) is 50.2 cm³/mol. The number of halogens is 1. The Kier molecular flexibility index (Phi) is 4.03. The summed E-state index contributed by atoms with van der Waals surface area (Å²) in [5, 5.41) is 0. The normalized spacial score (nSPS) is 11.5. The molecule has 3 nitrogen and oxygen atoms in total. The SMILES string of the molecule is O=S(=O)(OCCCF)c1ccccc1. The molecule has 0 amide bonds. The Morgan fingerprint density at radius 1 is 1.21 bits per heavy atom. The lowest BCUT2D eigenvalue weighted by Crippen LogP contribution is -2.07. The molecule has 0 spiro atoms. The fourth-order valence-electron chi connectivity index (χ4n) is 0.878. The largest absolute Gasteiger partial charge is 0.296 e. The van der Waals surface area contributed by atoms with Crippen molar-refractivity contribution < 1.29 is 17.0 Å². The maximum atomic E-state index is 11.7. The summed E-state index contributed by atoms with van der Waals surface area (Å²) in [6, 6.07) is 7.78. The van der Waals surface area contributed by atoms with E-state index in [0.29, 0.717) is 0 Å². The highest BCUT2D eigenvalue weighted by molar-refractivity contribution is 7.86. The van der Waals surface area contributed by atoms with Gasteiger partial charge in [-0.2, -0.15) is 8.42 Å². The highest BCUT2D eigenvalue weighted by Gasteiger charge is 2.13. The number of hydrogen-bond acceptors (Lipinski definition) is 3. The molecule has 1 rings (SSSR count). The van der Waals surface area contributed by atoms with Crippen LogP contribution in [0, 0.1) is 0 Å². The molecule has 14 heavy (non-hydrogen) atoms. The maximum Gasteiger partial charge on any atom is 0.296 e. The molecular weight excluding hydrogens is 207 g/mol. The maximum absolute atomic E-state index is 11.7. The molecule has 0 N–H and O–H groups in total. The summed E-state index contributed by atoms with van der Waals surface area (Å²) in [7, 11) is -3.70. The molecule has 0 bridgehead atoms. The molecule has 0 fully saturated rings. The van der Waals surface area contributed by atoms with E-state index in [4.69, 9.17) is 0 Å². The molecule has 78 valence electrons. The average molecular weight is 218 g/mol. The third kappa shape index (κ3) is 3.08. The van der Waals surface area contributed by atoms with Crippen molar-refractivity contribution in [3.8, 4) is 0 Å². The first-order valence-corrected chi connectivity index (χ1v) is 5.58. The summed E-state index contributed by atoms with van der Waals surface area (Å²) in [5.41, 5.74) is 0. The standard InChI is InChI=1S/C9H11FO3S/c10-7-4-8-13-14(11,12)9-5-2-1-3-6-9/h1-3,5-6H,4,7-8H2. The first-order valence-electron chi connectivity index (χ1n) is 4.17. The Morgan fingerprint density at radius 3 is 2.43 bits per heavy atom. The van der Waals surface area contributed by atoms with Gasteiger partial charge < -0.3 is 0 Å². The smallest absolute Gasteiger partial charge is 0.266 e. The second-order valence-electron chi connectivity index (χ2n) is 2.63. The van der Waals surface area contributed by atoms with Gasteiger partial charge in [0.15, 0.2) is 0 Å². The Morgan fingerprint density at radius 2 is 1.86 bits per heavy atom. The second-order valence-corrected chi connectivity index (χ2v) is 4.25. The molecule has 0 aliphatic rings. The summed E-state index contributed by atoms with van der Waals surface area (Å²) in [4.78, 5) is 0.0962. The van der Waals surface area contributed by atoms with Crippen LogP contribution in [0.15, 0.2) is 35.2 Å². The lowest BCUT2D eigenvalue weighted by atomic mass is 10.4. The van der Waals surface area contributed by atoms with Crippen molar-refractivity contribution in [3.05, 3.63) is 30.3 Å². The van der Waals surface area contributed by atoms with E-state index in [-0.39, 0.29) is 17.9 Å². The van der Waals surface area contributed by atoms with E-state index in [9.17, 15) is 12.8 Å². The van der Waals surface area contributed by atoms with Crippen LogP contribution in [0.4, 0.5) is 4.39 Å². The minimum atomic E-state index is -3.70. The van der Waals surface area contributed by atoms with Crippen LogP contribution in [0.5, 0.6) is 0 Å². The summed E-state index contributed by atoms with van der Waals surface area (Å²) in [6.07, 6.45) is 0.0893. The minimum Gasteiger partial charge on any atom is -0.266 e. The predicted octanol–water partition coefficient (Wildman–Crippen LogP) is 1.75. The first-order chi connectivity index (χ1) is 6.67. The molecule has 0 aliphatic carbocycles. The molecule has 0 aliphatic heterocycles. The second kappa shape index (κ2) is 5.07. The van der Waals surface area contributed by atoms with E-state index in [1.807, 2.05) is 0 Å². The molecular formula is C9H11FO3S. The zero-order chi connectivity index (χ0) is 10.4. The van der Waals surface area contributed by atoms with E-state index < -0.39 is 16.8 Å². The summed E-state index contributed by atoms with van der Waals surface area (Å²) in [5.74, 6) is 0. The van der Waals surface area contributed by atoms with Crippen molar-refractivity contribution in [1.82, 2.24) is 0 Å². The molecule has 1 aromatic rings. The van der Waals surface area contributed by atoms with Crippen molar-refractivity contribution in [2.75, 3.05) is 13.3 Å². The van der Waals surface area contributed by atoms with Crippen molar-refractivity contribution in [2.24, 2.45) is 0 Å². The van der Waals surface area contributed by atoms with Crippen molar-refractivity contribution in [2.45, 2.75) is 11.3 Å². The summed E-state index contributed by atoms with van der Waals surface area (Å²) < 4.78 is 39.0. The van der Waals surface area contributed by atoms with E-state index in [0.717, 1.165) is 0 Å². The van der Waals surface area contributed by atoms with Gasteiger partial charge in [-0.15, -0.1) is 0 Å². The van der Waals surface area contributed by atoms with Gasteiger partial charge >= 0.3 is 0 Å². The Labute approximate surface area is 82.6 Å². The number of hydrogen-bond donors (Lipinski definition) is 0. The fourth-order valence-corrected chi connectivity index (χ4v) is 1.84. The highest BCUT2D eigenvalue weighted by Crippen LogP contribution is 2.11. The van der Waals surface area contributed by atoms with E-state index >= 15 is 0 Å². The van der Waals surface area contributed by atoms with Crippen LogP contribution >= 0.6 is 0 Å². The van der Waals surface area contributed by atoms with Gasteiger partial charge in [0.1, 0.15) is 0 Å². The lowest BCUT2D eigenvalue weighted by molar-refractivity contribution is 0.292. The monoisotopic (exact) mass is 218 g/mol. The van der Waals surface area contributed by atoms with Crippen LogP contribution in [-0.4, -0.2) is 21.7 Å². The zero-order valence-electron chi connectivity index (χ0n) is 7.52. The molecule has 0 heterocycles. The average Bonchev–Trinajstić information content (AvgIpc) is 2.19. The van der Waals surface area contributed by atoms with Gasteiger partial charge in [0.05, 0.1) is 18.2 Å². The quantitative estimate of drug-likeness (QED) is 0.558. The molecule has 0 saturated carbocycles. The van der Waals surface area contributed by atoms with Crippen LogP contribution in [0.1, 0.15) is 6.42 Å². The topological polar surface area (TPSA) is 43.4 Å². The van der Waals surface area contributed by atoms with Crippen LogP contribution in [0.25, 0.3) is 0 Å². The van der Waals surface area contributed by atoms with Crippen molar-refractivity contribution in [1.29, 1.82) is 0 Å². The minimum absolute atomic E-state index is 0.0893. The molecule has 0 radical (unpaired) electrons. The summed E-state index contributed by atoms with van der Waals surface area (Å²) in [6.45, 7) is -0.696. The molecule has 0 unspecified atom stereocenters. The Hall–Kier alpha value is -0.940. The van der Waals surface area contributed by atoms with E-state index in [1.54, 1.807) is 18.2 Å².